The van der Waals surface area contributed by atoms with Gasteiger partial charge in [-0.1, -0.05) is 12.2 Å². The Labute approximate surface area is 96.1 Å². The fourth-order valence-electron chi connectivity index (χ4n) is 1.31. The summed E-state index contributed by atoms with van der Waals surface area (Å²) in [6.07, 6.45) is 9.15. The first-order valence-corrected chi connectivity index (χ1v) is 5.35. The summed E-state index contributed by atoms with van der Waals surface area (Å²) < 4.78 is 5.14. The molecule has 1 aliphatic carbocycles. The van der Waals surface area contributed by atoms with Gasteiger partial charge in [-0.25, -0.2) is 4.79 Å². The van der Waals surface area contributed by atoms with Crippen molar-refractivity contribution in [3.63, 3.8) is 0 Å². The zero-order chi connectivity index (χ0) is 12.2. The summed E-state index contributed by atoms with van der Waals surface area (Å²) in [6, 6.07) is 0. The van der Waals surface area contributed by atoms with E-state index in [1.807, 2.05) is 26.8 Å². The van der Waals surface area contributed by atoms with Crippen LogP contribution in [0.3, 0.4) is 0 Å². The molecule has 0 aromatic carbocycles. The summed E-state index contributed by atoms with van der Waals surface area (Å²) in [6.45, 7) is 5.50. The molecule has 0 aliphatic heterocycles. The van der Waals surface area contributed by atoms with Crippen LogP contribution in [-0.4, -0.2) is 16.7 Å². The van der Waals surface area contributed by atoms with E-state index in [-0.39, 0.29) is 17.6 Å². The lowest BCUT2D eigenvalue weighted by atomic mass is 10.00. The Morgan fingerprint density at radius 2 is 2.25 bits per heavy atom. The van der Waals surface area contributed by atoms with Crippen molar-refractivity contribution in [1.29, 1.82) is 0 Å². The van der Waals surface area contributed by atoms with Gasteiger partial charge in [-0.3, -0.25) is 0 Å². The van der Waals surface area contributed by atoms with Gasteiger partial charge in [-0.2, -0.15) is 0 Å². The Balaban J connectivity index is 2.44. The molecular formula is C13H18O3. The molecule has 1 unspecified atom stereocenters. The number of allylic oxidation sites excluding steroid dienone is 4. The minimum atomic E-state index is -0.456. The maximum Gasteiger partial charge on any atom is 0.330 e. The summed E-state index contributed by atoms with van der Waals surface area (Å²) >= 11 is 0. The summed E-state index contributed by atoms with van der Waals surface area (Å²) in [5.74, 6) is 0.102. The van der Waals surface area contributed by atoms with Crippen molar-refractivity contribution >= 4 is 5.97 Å². The van der Waals surface area contributed by atoms with Gasteiger partial charge in [0.1, 0.15) is 11.4 Å². The van der Waals surface area contributed by atoms with Gasteiger partial charge in [0.2, 0.25) is 0 Å². The zero-order valence-corrected chi connectivity index (χ0v) is 9.93. The fraction of sp³-hybridized carbons (Fsp3) is 0.462. The number of carbonyl (C=O) groups excluding carboxylic acids is 1. The van der Waals surface area contributed by atoms with Crippen LogP contribution in [0.1, 0.15) is 27.2 Å². The number of carbonyl (C=O) groups is 1. The Morgan fingerprint density at radius 3 is 2.75 bits per heavy atom. The number of ether oxygens (including phenoxy) is 1. The molecule has 0 aromatic heterocycles. The normalized spacial score (nSPS) is 20.9. The highest BCUT2D eigenvalue weighted by Gasteiger charge is 2.14. The molecule has 0 aromatic rings. The quantitative estimate of drug-likeness (QED) is 0.577. The Morgan fingerprint density at radius 1 is 1.56 bits per heavy atom. The van der Waals surface area contributed by atoms with E-state index in [0.29, 0.717) is 6.42 Å². The largest absolute Gasteiger partial charge is 0.508 e. The van der Waals surface area contributed by atoms with E-state index in [4.69, 9.17) is 9.84 Å². The molecule has 0 heterocycles. The summed E-state index contributed by atoms with van der Waals surface area (Å²) in [4.78, 5) is 11.4. The molecule has 0 bridgehead atoms. The second-order valence-corrected chi connectivity index (χ2v) is 4.78. The standard InChI is InChI=1S/C13H18O3/c1-13(2,3)16-12(15)9-6-10-4-7-11(14)8-5-10/h4,6-10,14H,5H2,1-3H3/b9-6+. The molecule has 0 spiro atoms. The van der Waals surface area contributed by atoms with Crippen molar-refractivity contribution in [1.82, 2.24) is 0 Å². The van der Waals surface area contributed by atoms with E-state index in [1.54, 1.807) is 18.2 Å². The Bertz CT molecular complexity index is 343. The number of aliphatic hydroxyl groups is 1. The van der Waals surface area contributed by atoms with Crippen molar-refractivity contribution in [2.24, 2.45) is 5.92 Å². The highest BCUT2D eigenvalue weighted by molar-refractivity contribution is 5.82. The molecule has 0 radical (unpaired) electrons. The molecule has 1 atom stereocenters. The minimum Gasteiger partial charge on any atom is -0.508 e. The monoisotopic (exact) mass is 222 g/mol. The third-order valence-electron chi connectivity index (χ3n) is 2.00. The number of esters is 1. The first-order valence-electron chi connectivity index (χ1n) is 5.35. The zero-order valence-electron chi connectivity index (χ0n) is 9.93. The molecule has 1 aliphatic rings. The molecule has 3 heteroatoms. The van der Waals surface area contributed by atoms with Crippen LogP contribution in [0.4, 0.5) is 0 Å². The van der Waals surface area contributed by atoms with Gasteiger partial charge in [0.05, 0.1) is 0 Å². The number of aliphatic hydroxyl groups excluding tert-OH is 1. The third-order valence-corrected chi connectivity index (χ3v) is 2.00. The second-order valence-electron chi connectivity index (χ2n) is 4.78. The molecular weight excluding hydrogens is 204 g/mol. The van der Waals surface area contributed by atoms with Crippen LogP contribution in [0.2, 0.25) is 0 Å². The number of rotatable bonds is 2. The van der Waals surface area contributed by atoms with Crippen LogP contribution in [0, 0.1) is 5.92 Å². The molecule has 88 valence electrons. The lowest BCUT2D eigenvalue weighted by Gasteiger charge is -2.18. The second kappa shape index (κ2) is 5.01. The predicted octanol–water partition coefficient (Wildman–Crippen LogP) is 2.90. The summed E-state index contributed by atoms with van der Waals surface area (Å²) in [7, 11) is 0. The smallest absolute Gasteiger partial charge is 0.330 e. The van der Waals surface area contributed by atoms with Crippen LogP contribution in [0.5, 0.6) is 0 Å². The highest BCUT2D eigenvalue weighted by Crippen LogP contribution is 2.16. The van der Waals surface area contributed by atoms with Gasteiger partial charge in [0, 0.05) is 6.08 Å². The first kappa shape index (κ1) is 12.6. The van der Waals surface area contributed by atoms with Crippen LogP contribution < -0.4 is 0 Å². The third kappa shape index (κ3) is 4.82. The van der Waals surface area contributed by atoms with Crippen LogP contribution in [0.25, 0.3) is 0 Å². The lowest BCUT2D eigenvalue weighted by Crippen LogP contribution is -2.22. The number of hydrogen-bond acceptors (Lipinski definition) is 3. The Hall–Kier alpha value is -1.51. The van der Waals surface area contributed by atoms with Crippen LogP contribution in [0.15, 0.2) is 36.1 Å². The van der Waals surface area contributed by atoms with Crippen molar-refractivity contribution in [2.45, 2.75) is 32.8 Å². The minimum absolute atomic E-state index is 0.156. The van der Waals surface area contributed by atoms with E-state index in [2.05, 4.69) is 0 Å². The highest BCUT2D eigenvalue weighted by atomic mass is 16.6. The molecule has 1 N–H and O–H groups in total. The molecule has 3 nitrogen and oxygen atoms in total. The SMILES string of the molecule is CC(C)(C)OC(=O)/C=C/C1C=CC(O)=CC1. The van der Waals surface area contributed by atoms with Crippen LogP contribution >= 0.6 is 0 Å². The molecule has 16 heavy (non-hydrogen) atoms. The molecule has 0 fully saturated rings. The van der Waals surface area contributed by atoms with Crippen molar-refractivity contribution in [3.8, 4) is 0 Å². The van der Waals surface area contributed by atoms with Gasteiger partial charge >= 0.3 is 5.97 Å². The predicted molar refractivity (Wildman–Crippen MR) is 62.9 cm³/mol. The van der Waals surface area contributed by atoms with Gasteiger partial charge in [0.15, 0.2) is 0 Å². The van der Waals surface area contributed by atoms with Gasteiger partial charge in [-0.05, 0) is 45.3 Å². The topological polar surface area (TPSA) is 46.5 Å². The average molecular weight is 222 g/mol. The van der Waals surface area contributed by atoms with Crippen LogP contribution in [-0.2, 0) is 9.53 Å². The van der Waals surface area contributed by atoms with E-state index < -0.39 is 5.60 Å². The first-order chi connectivity index (χ1) is 7.37. The fourth-order valence-corrected chi connectivity index (χ4v) is 1.31. The van der Waals surface area contributed by atoms with Crippen molar-refractivity contribution < 1.29 is 14.6 Å². The van der Waals surface area contributed by atoms with Crippen molar-refractivity contribution in [3.05, 3.63) is 36.1 Å². The lowest BCUT2D eigenvalue weighted by molar-refractivity contribution is -0.148. The number of hydrogen-bond donors (Lipinski definition) is 1. The van der Waals surface area contributed by atoms with E-state index in [0.717, 1.165) is 0 Å². The summed E-state index contributed by atoms with van der Waals surface area (Å²) in [5, 5.41) is 9.12. The summed E-state index contributed by atoms with van der Waals surface area (Å²) in [5.41, 5.74) is -0.456. The van der Waals surface area contributed by atoms with Gasteiger partial charge in [-0.15, -0.1) is 0 Å². The maximum atomic E-state index is 11.4. The average Bonchev–Trinajstić information content (AvgIpc) is 2.14. The van der Waals surface area contributed by atoms with Gasteiger partial charge < -0.3 is 9.84 Å². The molecule has 1 rings (SSSR count). The van der Waals surface area contributed by atoms with E-state index in [1.165, 1.54) is 6.08 Å². The Kier molecular flexibility index (Phi) is 3.93. The van der Waals surface area contributed by atoms with Gasteiger partial charge in [0.25, 0.3) is 0 Å². The molecule has 0 amide bonds. The van der Waals surface area contributed by atoms with Crippen molar-refractivity contribution in [2.75, 3.05) is 0 Å². The maximum absolute atomic E-state index is 11.4. The van der Waals surface area contributed by atoms with E-state index in [9.17, 15) is 4.79 Å². The van der Waals surface area contributed by atoms with E-state index >= 15 is 0 Å². The molecule has 0 saturated carbocycles. The molecule has 0 saturated heterocycles.